The molecule has 1 saturated heterocycles. The van der Waals surface area contributed by atoms with Crippen LogP contribution >= 0.6 is 24.0 Å². The molecule has 0 aliphatic carbocycles. The molecule has 0 atom stereocenters. The van der Waals surface area contributed by atoms with Gasteiger partial charge in [0.25, 0.3) is 0 Å². The first kappa shape index (κ1) is 22.6. The highest BCUT2D eigenvalue weighted by Gasteiger charge is 2.20. The minimum Gasteiger partial charge on any atom is -0.364 e. The summed E-state index contributed by atoms with van der Waals surface area (Å²) in [4.78, 5) is 11.4. The van der Waals surface area contributed by atoms with Gasteiger partial charge in [-0.25, -0.2) is 0 Å². The van der Waals surface area contributed by atoms with Gasteiger partial charge in [0, 0.05) is 58.9 Å². The van der Waals surface area contributed by atoms with Crippen LogP contribution in [0.25, 0.3) is 0 Å². The fourth-order valence-electron chi connectivity index (χ4n) is 3.31. The first-order valence-electron chi connectivity index (χ1n) is 9.44. The number of nitrogens with one attached hydrogen (secondary N) is 1. The van der Waals surface area contributed by atoms with Crippen molar-refractivity contribution in [3.63, 3.8) is 0 Å². The summed E-state index contributed by atoms with van der Waals surface area (Å²) < 4.78 is 4.91. The van der Waals surface area contributed by atoms with Gasteiger partial charge < -0.3 is 19.6 Å². The smallest absolute Gasteiger partial charge is 0.194 e. The summed E-state index contributed by atoms with van der Waals surface area (Å²) in [5.41, 5.74) is 3.59. The monoisotopic (exact) mass is 498 g/mol. The molecule has 8 heteroatoms. The second-order valence-electron chi connectivity index (χ2n) is 7.21. The Balaban J connectivity index is 0.00000280. The first-order chi connectivity index (χ1) is 13.1. The third-order valence-electron chi connectivity index (χ3n) is 4.73. The van der Waals surface area contributed by atoms with Crippen LogP contribution in [-0.4, -0.2) is 73.1 Å². The summed E-state index contributed by atoms with van der Waals surface area (Å²) in [6, 6.07) is 10.7. The van der Waals surface area contributed by atoms with Gasteiger partial charge in [-0.1, -0.05) is 29.4 Å². The highest BCUT2D eigenvalue weighted by atomic mass is 127. The van der Waals surface area contributed by atoms with Crippen LogP contribution < -0.4 is 5.32 Å². The molecule has 1 aliphatic rings. The molecule has 3 rings (SSSR count). The maximum atomic E-state index is 4.91. The zero-order valence-electron chi connectivity index (χ0n) is 17.0. The Morgan fingerprint density at radius 2 is 1.79 bits per heavy atom. The summed E-state index contributed by atoms with van der Waals surface area (Å²) >= 11 is 0. The maximum Gasteiger partial charge on any atom is 0.194 e. The van der Waals surface area contributed by atoms with E-state index in [0.717, 1.165) is 57.5 Å². The van der Waals surface area contributed by atoms with Crippen molar-refractivity contribution in [3.8, 4) is 0 Å². The highest BCUT2D eigenvalue weighted by Crippen LogP contribution is 2.09. The quantitative estimate of drug-likeness (QED) is 0.375. The molecular formula is C20H31IN6O. The number of hydrogen-bond donors (Lipinski definition) is 1. The molecule has 28 heavy (non-hydrogen) atoms. The zero-order chi connectivity index (χ0) is 19.1. The number of halogens is 1. The van der Waals surface area contributed by atoms with E-state index < -0.39 is 0 Å². The number of piperazine rings is 1. The third-order valence-corrected chi connectivity index (χ3v) is 4.73. The number of rotatable bonds is 6. The topological polar surface area (TPSA) is 60.1 Å². The molecule has 1 aliphatic heterocycles. The zero-order valence-corrected chi connectivity index (χ0v) is 19.3. The minimum atomic E-state index is 0. The lowest BCUT2D eigenvalue weighted by molar-refractivity contribution is 0.169. The Kier molecular flexibility index (Phi) is 9.20. The van der Waals surface area contributed by atoms with E-state index in [4.69, 9.17) is 4.52 Å². The van der Waals surface area contributed by atoms with Gasteiger partial charge in [0.15, 0.2) is 5.96 Å². The van der Waals surface area contributed by atoms with E-state index >= 15 is 0 Å². The van der Waals surface area contributed by atoms with Crippen LogP contribution in [0, 0.1) is 0 Å². The standard InChI is InChI=1S/C20H30N6O.HI/c1-21-20(22-14-17-4-6-18(7-5-17)15-24(2)3)26-11-9-25(10-12-26)16-19-8-13-27-23-19;/h4-8,13H,9-12,14-16H2,1-3H3,(H,21,22);1H. The van der Waals surface area contributed by atoms with Crippen molar-refractivity contribution < 1.29 is 4.52 Å². The Morgan fingerprint density at radius 1 is 1.11 bits per heavy atom. The van der Waals surface area contributed by atoms with Crippen LogP contribution in [0.4, 0.5) is 0 Å². The fourth-order valence-corrected chi connectivity index (χ4v) is 3.31. The van der Waals surface area contributed by atoms with Gasteiger partial charge in [-0.05, 0) is 25.2 Å². The molecule has 1 N–H and O–H groups in total. The highest BCUT2D eigenvalue weighted by molar-refractivity contribution is 14.0. The molecule has 0 saturated carbocycles. The van der Waals surface area contributed by atoms with E-state index in [9.17, 15) is 0 Å². The number of aromatic nitrogens is 1. The molecule has 0 radical (unpaired) electrons. The second-order valence-corrected chi connectivity index (χ2v) is 7.21. The average molecular weight is 498 g/mol. The molecule has 2 heterocycles. The molecule has 0 unspecified atom stereocenters. The third kappa shape index (κ3) is 6.75. The lowest BCUT2D eigenvalue weighted by atomic mass is 10.1. The number of hydrogen-bond acceptors (Lipinski definition) is 5. The van der Waals surface area contributed by atoms with Crippen molar-refractivity contribution >= 4 is 29.9 Å². The van der Waals surface area contributed by atoms with Crippen LogP contribution in [0.1, 0.15) is 16.8 Å². The molecule has 7 nitrogen and oxygen atoms in total. The van der Waals surface area contributed by atoms with Gasteiger partial charge in [0.2, 0.25) is 0 Å². The predicted octanol–water partition coefficient (Wildman–Crippen LogP) is 2.25. The Morgan fingerprint density at radius 3 is 2.36 bits per heavy atom. The van der Waals surface area contributed by atoms with Crippen molar-refractivity contribution in [3.05, 3.63) is 53.4 Å². The molecule has 2 aromatic rings. The molecule has 154 valence electrons. The Labute approximate surface area is 184 Å². The van der Waals surface area contributed by atoms with Crippen LogP contribution in [0.3, 0.4) is 0 Å². The molecule has 0 spiro atoms. The number of guanidine groups is 1. The van der Waals surface area contributed by atoms with E-state index in [0.29, 0.717) is 0 Å². The van der Waals surface area contributed by atoms with Crippen molar-refractivity contribution in [2.24, 2.45) is 4.99 Å². The van der Waals surface area contributed by atoms with Crippen molar-refractivity contribution in [1.82, 2.24) is 25.2 Å². The van der Waals surface area contributed by atoms with Crippen LogP contribution in [0.5, 0.6) is 0 Å². The predicted molar refractivity (Wildman–Crippen MR) is 123 cm³/mol. The first-order valence-corrected chi connectivity index (χ1v) is 9.44. The van der Waals surface area contributed by atoms with E-state index in [1.807, 2.05) is 13.1 Å². The number of aliphatic imine (C=N–C) groups is 1. The van der Waals surface area contributed by atoms with E-state index in [1.165, 1.54) is 11.1 Å². The molecule has 1 aromatic heterocycles. The van der Waals surface area contributed by atoms with Gasteiger partial charge >= 0.3 is 0 Å². The Hall–Kier alpha value is -1.65. The summed E-state index contributed by atoms with van der Waals surface area (Å²) in [6.45, 7) is 6.50. The number of nitrogens with zero attached hydrogens (tertiary/aromatic N) is 5. The van der Waals surface area contributed by atoms with Crippen molar-refractivity contribution in [2.45, 2.75) is 19.6 Å². The van der Waals surface area contributed by atoms with Crippen molar-refractivity contribution in [1.29, 1.82) is 0 Å². The molecule has 0 amide bonds. The SMILES string of the molecule is CN=C(NCc1ccc(CN(C)C)cc1)N1CCN(Cc2ccon2)CC1.I. The number of benzene rings is 1. The maximum absolute atomic E-state index is 4.91. The van der Waals surface area contributed by atoms with Crippen LogP contribution in [-0.2, 0) is 19.6 Å². The van der Waals surface area contributed by atoms with Crippen molar-refractivity contribution in [2.75, 3.05) is 47.3 Å². The molecule has 1 aromatic carbocycles. The van der Waals surface area contributed by atoms with Gasteiger partial charge in [-0.15, -0.1) is 24.0 Å². The Bertz CT molecular complexity index is 709. The van der Waals surface area contributed by atoms with Gasteiger partial charge in [0.05, 0.1) is 5.69 Å². The summed E-state index contributed by atoms with van der Waals surface area (Å²) in [7, 11) is 6.03. The van der Waals surface area contributed by atoms with Crippen LogP contribution in [0.15, 0.2) is 46.1 Å². The summed E-state index contributed by atoms with van der Waals surface area (Å²) in [5, 5.41) is 7.49. The van der Waals surface area contributed by atoms with Crippen LogP contribution in [0.2, 0.25) is 0 Å². The van der Waals surface area contributed by atoms with E-state index in [1.54, 1.807) is 6.26 Å². The van der Waals surface area contributed by atoms with E-state index in [2.05, 4.69) is 68.5 Å². The minimum absolute atomic E-state index is 0. The second kappa shape index (κ2) is 11.4. The molecule has 0 bridgehead atoms. The van der Waals surface area contributed by atoms with Gasteiger partial charge in [0.1, 0.15) is 6.26 Å². The molecular weight excluding hydrogens is 467 g/mol. The molecule has 1 fully saturated rings. The van der Waals surface area contributed by atoms with Gasteiger partial charge in [-0.3, -0.25) is 9.89 Å². The van der Waals surface area contributed by atoms with E-state index in [-0.39, 0.29) is 24.0 Å². The lowest BCUT2D eigenvalue weighted by Crippen LogP contribution is -2.52. The summed E-state index contributed by atoms with van der Waals surface area (Å²) in [6.07, 6.45) is 1.63. The van der Waals surface area contributed by atoms with Gasteiger partial charge in [-0.2, -0.15) is 0 Å². The normalized spacial score (nSPS) is 15.6. The average Bonchev–Trinajstić information content (AvgIpc) is 3.17. The largest absolute Gasteiger partial charge is 0.364 e. The lowest BCUT2D eigenvalue weighted by Gasteiger charge is -2.36. The summed E-state index contributed by atoms with van der Waals surface area (Å²) in [5.74, 6) is 0.966. The fraction of sp³-hybridized carbons (Fsp3) is 0.500.